The number of sulfonamides is 1. The first-order chi connectivity index (χ1) is 16.3. The van der Waals surface area contributed by atoms with Crippen LogP contribution in [-0.4, -0.2) is 17.8 Å². The molecule has 0 bridgehead atoms. The van der Waals surface area contributed by atoms with Crippen molar-refractivity contribution in [3.8, 4) is 5.69 Å². The Morgan fingerprint density at radius 2 is 1.25 bits per heavy atom. The minimum absolute atomic E-state index is 0.0565. The van der Waals surface area contributed by atoms with Gasteiger partial charge in [0.05, 0.1) is 16.3 Å². The van der Waals surface area contributed by atoms with Gasteiger partial charge in [0, 0.05) is 7.05 Å². The fourth-order valence-corrected chi connectivity index (χ4v) is 6.25. The lowest BCUT2D eigenvalue weighted by Crippen LogP contribution is -2.30. The molecule has 0 saturated heterocycles. The number of hydrogen-bond acceptors (Lipinski definition) is 3. The molecule has 3 rings (SSSR count). The minimum Gasteiger partial charge on any atom is -0.283 e. The summed E-state index contributed by atoms with van der Waals surface area (Å²) in [6.45, 7) is 20.3. The lowest BCUT2D eigenvalue weighted by Gasteiger charge is -2.33. The highest BCUT2D eigenvalue weighted by Crippen LogP contribution is 2.41. The first kappa shape index (κ1) is 27.8. The number of rotatable bonds is 4. The summed E-state index contributed by atoms with van der Waals surface area (Å²) in [6, 6.07) is 13.2. The van der Waals surface area contributed by atoms with Crippen molar-refractivity contribution in [2.45, 2.75) is 90.4 Å². The van der Waals surface area contributed by atoms with Crippen LogP contribution in [0.1, 0.15) is 84.7 Å². The van der Waals surface area contributed by atoms with E-state index in [0.29, 0.717) is 11.4 Å². The van der Waals surface area contributed by atoms with Crippen molar-refractivity contribution >= 4 is 15.7 Å². The van der Waals surface area contributed by atoms with Crippen molar-refractivity contribution < 1.29 is 8.42 Å². The quantitative estimate of drug-likeness (QED) is 0.455. The second-order valence-electron chi connectivity index (χ2n) is 12.7. The number of anilines is 1. The van der Waals surface area contributed by atoms with Crippen molar-refractivity contribution in [2.24, 2.45) is 7.05 Å². The summed E-state index contributed by atoms with van der Waals surface area (Å²) in [5.74, 6) is 0. The molecule has 0 aliphatic rings. The third-order valence-corrected chi connectivity index (χ3v) is 8.08. The average Bonchev–Trinajstić information content (AvgIpc) is 2.94. The molecule has 1 heterocycles. The Morgan fingerprint density at radius 3 is 1.67 bits per heavy atom. The van der Waals surface area contributed by atoms with Crippen LogP contribution in [0.4, 0.5) is 5.69 Å². The largest absolute Gasteiger partial charge is 0.296 e. The first-order valence-electron chi connectivity index (χ1n) is 12.3. The molecule has 0 amide bonds. The van der Waals surface area contributed by atoms with E-state index in [0.717, 1.165) is 16.7 Å². The molecule has 0 aliphatic carbocycles. The topological polar surface area (TPSA) is 73.1 Å². The summed E-state index contributed by atoms with van der Waals surface area (Å²) in [7, 11) is -2.36. The van der Waals surface area contributed by atoms with E-state index in [1.54, 1.807) is 18.7 Å². The smallest absolute Gasteiger partial charge is 0.283 e. The molecule has 0 radical (unpaired) electrons. The van der Waals surface area contributed by atoms with Gasteiger partial charge in [0.15, 0.2) is 0 Å². The van der Waals surface area contributed by atoms with Gasteiger partial charge in [0.25, 0.3) is 15.6 Å². The lowest BCUT2D eigenvalue weighted by molar-refractivity contribution is 0.520. The molecule has 1 N–H and O–H groups in total. The lowest BCUT2D eigenvalue weighted by atomic mass is 9.75. The Hall–Kier alpha value is -2.80. The van der Waals surface area contributed by atoms with Gasteiger partial charge in [0.2, 0.25) is 0 Å². The van der Waals surface area contributed by atoms with E-state index in [9.17, 15) is 13.2 Å². The standard InChI is InChI=1S/C29H41N3O3S/c1-19-24(26(33)32(31(19)11)21-15-13-12-14-16-21)30-36(34,35)25-22(28(5,6)7)17-20(27(2,3)4)18-23(25)29(8,9)10/h12-18,30H,1-11H3. The van der Waals surface area contributed by atoms with Crippen LogP contribution in [-0.2, 0) is 33.3 Å². The molecule has 0 spiro atoms. The minimum atomic E-state index is -4.11. The Bertz CT molecular complexity index is 1410. The van der Waals surface area contributed by atoms with Crippen LogP contribution in [0.2, 0.25) is 0 Å². The van der Waals surface area contributed by atoms with E-state index in [1.165, 1.54) is 4.68 Å². The Labute approximate surface area is 216 Å². The molecule has 0 unspecified atom stereocenters. The van der Waals surface area contributed by atoms with Gasteiger partial charge in [-0.3, -0.25) is 14.2 Å². The highest BCUT2D eigenvalue weighted by Gasteiger charge is 2.36. The summed E-state index contributed by atoms with van der Waals surface area (Å²) in [4.78, 5) is 13.7. The maximum atomic E-state index is 14.2. The highest BCUT2D eigenvalue weighted by molar-refractivity contribution is 7.92. The molecule has 196 valence electrons. The van der Waals surface area contributed by atoms with Gasteiger partial charge in [-0.1, -0.05) is 92.6 Å². The molecular formula is C29H41N3O3S. The van der Waals surface area contributed by atoms with Crippen molar-refractivity contribution in [3.05, 3.63) is 75.2 Å². The zero-order valence-corrected chi connectivity index (χ0v) is 24.4. The Morgan fingerprint density at radius 1 is 0.778 bits per heavy atom. The zero-order chi connectivity index (χ0) is 27.4. The molecule has 0 saturated carbocycles. The van der Waals surface area contributed by atoms with Crippen molar-refractivity contribution in [3.63, 3.8) is 0 Å². The number of hydrogen-bond donors (Lipinski definition) is 1. The van der Waals surface area contributed by atoms with E-state index in [4.69, 9.17) is 0 Å². The molecule has 1 aromatic heterocycles. The van der Waals surface area contributed by atoms with E-state index < -0.39 is 26.4 Å². The predicted molar refractivity (Wildman–Crippen MR) is 149 cm³/mol. The van der Waals surface area contributed by atoms with Gasteiger partial charge < -0.3 is 0 Å². The van der Waals surface area contributed by atoms with Crippen LogP contribution < -0.4 is 10.3 Å². The maximum absolute atomic E-state index is 14.2. The van der Waals surface area contributed by atoms with Crippen LogP contribution in [0.5, 0.6) is 0 Å². The summed E-state index contributed by atoms with van der Waals surface area (Å²) in [6.07, 6.45) is 0. The number of para-hydroxylation sites is 1. The van der Waals surface area contributed by atoms with Gasteiger partial charge in [-0.2, -0.15) is 0 Å². The molecule has 0 atom stereocenters. The number of aromatic nitrogens is 2. The zero-order valence-electron chi connectivity index (χ0n) is 23.6. The van der Waals surface area contributed by atoms with Crippen LogP contribution >= 0.6 is 0 Å². The van der Waals surface area contributed by atoms with Crippen LogP contribution in [0.25, 0.3) is 5.69 Å². The molecule has 6 nitrogen and oxygen atoms in total. The summed E-state index contributed by atoms with van der Waals surface area (Å²) in [5, 5.41) is 0. The Kier molecular flexibility index (Phi) is 6.90. The summed E-state index contributed by atoms with van der Waals surface area (Å²) >= 11 is 0. The molecule has 7 heteroatoms. The fraction of sp³-hybridized carbons (Fsp3) is 0.483. The van der Waals surface area contributed by atoms with Gasteiger partial charge >= 0.3 is 0 Å². The molecule has 3 aromatic rings. The van der Waals surface area contributed by atoms with Gasteiger partial charge in [-0.05, 0) is 52.0 Å². The highest BCUT2D eigenvalue weighted by atomic mass is 32.2. The third-order valence-electron chi connectivity index (χ3n) is 6.63. The van der Waals surface area contributed by atoms with Crippen LogP contribution in [0.15, 0.2) is 52.2 Å². The predicted octanol–water partition coefficient (Wildman–Crippen LogP) is 6.18. The molecule has 0 aliphatic heterocycles. The third kappa shape index (κ3) is 5.17. The van der Waals surface area contributed by atoms with E-state index in [1.807, 2.05) is 84.0 Å². The van der Waals surface area contributed by atoms with E-state index >= 15 is 0 Å². The van der Waals surface area contributed by atoms with Crippen molar-refractivity contribution in [1.29, 1.82) is 0 Å². The molecule has 2 aromatic carbocycles. The maximum Gasteiger partial charge on any atom is 0.296 e. The normalized spacial score (nSPS) is 13.2. The number of nitrogens with zero attached hydrogens (tertiary/aromatic N) is 2. The molecule has 36 heavy (non-hydrogen) atoms. The van der Waals surface area contributed by atoms with Gasteiger partial charge in [-0.15, -0.1) is 0 Å². The average molecular weight is 512 g/mol. The first-order valence-corrected chi connectivity index (χ1v) is 13.8. The second kappa shape index (κ2) is 8.94. The fourth-order valence-electron chi connectivity index (χ4n) is 4.34. The number of benzene rings is 2. The summed E-state index contributed by atoms with van der Waals surface area (Å²) in [5.41, 5.74) is 2.36. The second-order valence-corrected chi connectivity index (χ2v) is 14.3. The molecule has 0 fully saturated rings. The summed E-state index contributed by atoms with van der Waals surface area (Å²) < 4.78 is 34.2. The number of nitrogens with one attached hydrogen (secondary N) is 1. The Balaban J connectivity index is 2.33. The SMILES string of the molecule is Cc1c(NS(=O)(=O)c2c(C(C)(C)C)cc(C(C)(C)C)cc2C(C)(C)C)c(=O)n(-c2ccccc2)n1C. The van der Waals surface area contributed by atoms with E-state index in [-0.39, 0.29) is 16.0 Å². The van der Waals surface area contributed by atoms with Crippen LogP contribution in [0, 0.1) is 6.92 Å². The van der Waals surface area contributed by atoms with Gasteiger partial charge in [0.1, 0.15) is 5.69 Å². The van der Waals surface area contributed by atoms with Gasteiger partial charge in [-0.25, -0.2) is 13.1 Å². The monoisotopic (exact) mass is 511 g/mol. The van der Waals surface area contributed by atoms with Crippen molar-refractivity contribution in [1.82, 2.24) is 9.36 Å². The molecular weight excluding hydrogens is 470 g/mol. The van der Waals surface area contributed by atoms with Crippen molar-refractivity contribution in [2.75, 3.05) is 4.72 Å². The van der Waals surface area contributed by atoms with E-state index in [2.05, 4.69) is 25.5 Å². The van der Waals surface area contributed by atoms with Crippen LogP contribution in [0.3, 0.4) is 0 Å².